The van der Waals surface area contributed by atoms with Crippen molar-refractivity contribution in [1.82, 2.24) is 0 Å². The summed E-state index contributed by atoms with van der Waals surface area (Å²) >= 11 is 0. The van der Waals surface area contributed by atoms with Crippen LogP contribution in [0.3, 0.4) is 0 Å². The van der Waals surface area contributed by atoms with E-state index in [2.05, 4.69) is 9.62 Å². The zero-order chi connectivity index (χ0) is 17.7. The summed E-state index contributed by atoms with van der Waals surface area (Å²) in [6.07, 6.45) is 3.82. The van der Waals surface area contributed by atoms with Gasteiger partial charge in [0.1, 0.15) is 5.82 Å². The third-order valence-corrected chi connectivity index (χ3v) is 5.75. The summed E-state index contributed by atoms with van der Waals surface area (Å²) in [5, 5.41) is 0. The van der Waals surface area contributed by atoms with Crippen LogP contribution in [0.2, 0.25) is 0 Å². The minimum Gasteiger partial charge on any atom is -0.372 e. The molecule has 0 atom stereocenters. The van der Waals surface area contributed by atoms with Crippen molar-refractivity contribution in [3.63, 3.8) is 0 Å². The Bertz CT molecular complexity index is 800. The maximum atomic E-state index is 13.6. The van der Waals surface area contributed by atoms with E-state index in [0.29, 0.717) is 11.3 Å². The van der Waals surface area contributed by atoms with Gasteiger partial charge in [0.2, 0.25) is 10.0 Å². The summed E-state index contributed by atoms with van der Waals surface area (Å²) in [6, 6.07) is 13.7. The van der Waals surface area contributed by atoms with E-state index in [-0.39, 0.29) is 18.0 Å². The van der Waals surface area contributed by atoms with E-state index >= 15 is 0 Å². The highest BCUT2D eigenvalue weighted by Gasteiger charge is 2.14. The van der Waals surface area contributed by atoms with Crippen LogP contribution < -0.4 is 9.62 Å². The number of hydrogen-bond donors (Lipinski definition) is 1. The van der Waals surface area contributed by atoms with Crippen molar-refractivity contribution in [2.24, 2.45) is 0 Å². The molecule has 0 saturated carbocycles. The molecule has 3 rings (SSSR count). The molecular weight excluding hydrogens is 339 g/mol. The highest BCUT2D eigenvalue weighted by molar-refractivity contribution is 7.92. The lowest BCUT2D eigenvalue weighted by Gasteiger charge is -2.28. The Hall–Kier alpha value is -2.08. The van der Waals surface area contributed by atoms with Gasteiger partial charge in [0.05, 0.1) is 5.75 Å². The van der Waals surface area contributed by atoms with Crippen molar-refractivity contribution in [2.75, 3.05) is 28.5 Å². The fourth-order valence-electron chi connectivity index (χ4n) is 3.07. The van der Waals surface area contributed by atoms with Gasteiger partial charge in [-0.3, -0.25) is 4.72 Å². The molecule has 0 spiro atoms. The predicted octanol–water partition coefficient (Wildman–Crippen LogP) is 3.80. The fourth-order valence-corrected chi connectivity index (χ4v) is 4.15. The fraction of sp³-hybridized carbons (Fsp3) is 0.368. The summed E-state index contributed by atoms with van der Waals surface area (Å²) in [5.74, 6) is -0.523. The number of aryl methyl sites for hydroxylation is 1. The molecule has 1 heterocycles. The summed E-state index contributed by atoms with van der Waals surface area (Å²) in [5.41, 5.74) is 2.07. The van der Waals surface area contributed by atoms with E-state index in [1.165, 1.54) is 25.3 Å². The average Bonchev–Trinajstić information content (AvgIpc) is 2.62. The van der Waals surface area contributed by atoms with Gasteiger partial charge in [-0.05, 0) is 61.6 Å². The number of halogens is 1. The topological polar surface area (TPSA) is 49.4 Å². The van der Waals surface area contributed by atoms with Gasteiger partial charge in [0.15, 0.2) is 0 Å². The molecule has 0 bridgehead atoms. The molecule has 25 heavy (non-hydrogen) atoms. The van der Waals surface area contributed by atoms with Gasteiger partial charge >= 0.3 is 0 Å². The smallest absolute Gasteiger partial charge is 0.233 e. The maximum Gasteiger partial charge on any atom is 0.233 e. The van der Waals surface area contributed by atoms with Gasteiger partial charge in [-0.2, -0.15) is 0 Å². The molecule has 1 N–H and O–H groups in total. The second kappa shape index (κ2) is 7.87. The first-order valence-corrected chi connectivity index (χ1v) is 10.3. The number of piperidine rings is 1. The van der Waals surface area contributed by atoms with Crippen LogP contribution in [0.4, 0.5) is 15.8 Å². The van der Waals surface area contributed by atoms with Crippen LogP contribution in [0, 0.1) is 5.82 Å². The van der Waals surface area contributed by atoms with Crippen molar-refractivity contribution < 1.29 is 12.8 Å². The van der Waals surface area contributed by atoms with Crippen LogP contribution in [-0.2, 0) is 16.4 Å². The lowest BCUT2D eigenvalue weighted by molar-refractivity contribution is 0.578. The van der Waals surface area contributed by atoms with Crippen LogP contribution >= 0.6 is 0 Å². The molecule has 1 fully saturated rings. The van der Waals surface area contributed by atoms with Gasteiger partial charge in [0.25, 0.3) is 0 Å². The Morgan fingerprint density at radius 1 is 0.960 bits per heavy atom. The van der Waals surface area contributed by atoms with E-state index in [1.807, 2.05) is 12.1 Å². The van der Waals surface area contributed by atoms with E-state index in [9.17, 15) is 12.8 Å². The number of nitrogens with zero attached hydrogens (tertiary/aromatic N) is 1. The number of anilines is 2. The first-order valence-electron chi connectivity index (χ1n) is 8.62. The molecule has 2 aromatic rings. The zero-order valence-electron chi connectivity index (χ0n) is 14.1. The number of rotatable bonds is 6. The van der Waals surface area contributed by atoms with Crippen molar-refractivity contribution in [2.45, 2.75) is 25.7 Å². The lowest BCUT2D eigenvalue weighted by Crippen LogP contribution is -2.29. The normalized spacial score (nSPS) is 15.2. The highest BCUT2D eigenvalue weighted by atomic mass is 32.2. The Kier molecular flexibility index (Phi) is 5.58. The quantitative estimate of drug-likeness (QED) is 0.850. The number of hydrogen-bond acceptors (Lipinski definition) is 3. The van der Waals surface area contributed by atoms with Gasteiger partial charge in [0, 0.05) is 24.5 Å². The molecule has 0 aliphatic carbocycles. The highest BCUT2D eigenvalue weighted by Crippen LogP contribution is 2.22. The molecule has 134 valence electrons. The molecule has 1 saturated heterocycles. The average molecular weight is 362 g/mol. The third-order valence-electron chi connectivity index (χ3n) is 4.46. The largest absolute Gasteiger partial charge is 0.372 e. The zero-order valence-corrected chi connectivity index (χ0v) is 14.9. The van der Waals surface area contributed by atoms with Crippen molar-refractivity contribution in [3.05, 3.63) is 59.9 Å². The van der Waals surface area contributed by atoms with E-state index in [0.717, 1.165) is 18.8 Å². The third kappa shape index (κ3) is 4.95. The van der Waals surface area contributed by atoms with Gasteiger partial charge in [-0.1, -0.05) is 18.2 Å². The first-order chi connectivity index (χ1) is 12.0. The first kappa shape index (κ1) is 17.7. The molecule has 1 aliphatic heterocycles. The molecule has 1 aliphatic rings. The van der Waals surface area contributed by atoms with E-state index in [1.54, 1.807) is 30.3 Å². The standard InChI is InChI=1S/C19H23FN2O2S/c20-19-7-3-2-6-16(19)12-15-25(23,24)21-17-8-10-18(11-9-17)22-13-4-1-5-14-22/h2-3,6-11,21H,1,4-5,12-15H2. The van der Waals surface area contributed by atoms with Crippen LogP contribution in [0.1, 0.15) is 24.8 Å². The van der Waals surface area contributed by atoms with E-state index < -0.39 is 10.0 Å². The maximum absolute atomic E-state index is 13.6. The summed E-state index contributed by atoms with van der Waals surface area (Å²) in [7, 11) is -3.52. The molecule has 0 radical (unpaired) electrons. The molecule has 6 heteroatoms. The van der Waals surface area contributed by atoms with Crippen LogP contribution in [-0.4, -0.2) is 27.3 Å². The Morgan fingerprint density at radius 2 is 1.64 bits per heavy atom. The van der Waals surface area contributed by atoms with Gasteiger partial charge < -0.3 is 4.90 Å². The Balaban J connectivity index is 1.59. The minimum absolute atomic E-state index is 0.147. The van der Waals surface area contributed by atoms with Crippen LogP contribution in [0.25, 0.3) is 0 Å². The molecular formula is C19H23FN2O2S. The van der Waals surface area contributed by atoms with Gasteiger partial charge in [-0.25, -0.2) is 12.8 Å². The second-order valence-electron chi connectivity index (χ2n) is 6.36. The Labute approximate surface area is 148 Å². The molecule has 4 nitrogen and oxygen atoms in total. The molecule has 2 aromatic carbocycles. The van der Waals surface area contributed by atoms with Gasteiger partial charge in [-0.15, -0.1) is 0 Å². The van der Waals surface area contributed by atoms with E-state index in [4.69, 9.17) is 0 Å². The SMILES string of the molecule is O=S(=O)(CCc1ccccc1F)Nc1ccc(N2CCCCC2)cc1. The second-order valence-corrected chi connectivity index (χ2v) is 8.20. The number of sulfonamides is 1. The van der Waals surface area contributed by atoms with Crippen molar-refractivity contribution in [3.8, 4) is 0 Å². The lowest BCUT2D eigenvalue weighted by atomic mass is 10.1. The molecule has 0 aromatic heterocycles. The molecule has 0 unspecified atom stereocenters. The van der Waals surface area contributed by atoms with Crippen LogP contribution in [0.15, 0.2) is 48.5 Å². The summed E-state index contributed by atoms with van der Waals surface area (Å²) < 4.78 is 40.6. The minimum atomic E-state index is -3.52. The predicted molar refractivity (Wildman–Crippen MR) is 100 cm³/mol. The monoisotopic (exact) mass is 362 g/mol. The van der Waals surface area contributed by atoms with Crippen molar-refractivity contribution in [1.29, 1.82) is 0 Å². The summed E-state index contributed by atoms with van der Waals surface area (Å²) in [6.45, 7) is 2.10. The number of benzene rings is 2. The molecule has 0 amide bonds. The van der Waals surface area contributed by atoms with Crippen LogP contribution in [0.5, 0.6) is 0 Å². The van der Waals surface area contributed by atoms with Crippen molar-refractivity contribution >= 4 is 21.4 Å². The summed E-state index contributed by atoms with van der Waals surface area (Å²) in [4.78, 5) is 2.32. The Morgan fingerprint density at radius 3 is 2.32 bits per heavy atom. The number of nitrogens with one attached hydrogen (secondary N) is 1.